The largest absolute Gasteiger partial charge is 0.449 e. The lowest BCUT2D eigenvalue weighted by atomic mass is 10.0. The van der Waals surface area contributed by atoms with Crippen LogP contribution in [0.3, 0.4) is 0 Å². The molecule has 3 aliphatic rings. The molecule has 3 aliphatic heterocycles. The maximum Gasteiger partial charge on any atom is 0.407 e. The standard InChI is InChI=1S/C35H46BrN3O8S/c1-23(2)19-39(48(42,43)25-11-12-31-27(18-25)28(33(36)46-31)20-38-14-7-4-8-15-38)21-30(40)29(17-24-9-5-3-6-10-24)37-35(41)47-32-22-45-34-26(32)13-16-44-34/h3,5-6,9-12,18,23,26,29-30,32,34,40H,4,7-8,13-17,19-22H2,1-2H3,(H,37,41)/t26-,29-,30+,32?,34+/m0/s1. The summed E-state index contributed by atoms with van der Waals surface area (Å²) in [4.78, 5) is 15.7. The topological polar surface area (TPSA) is 131 Å². The average molecular weight is 749 g/mol. The summed E-state index contributed by atoms with van der Waals surface area (Å²) < 4.78 is 53.4. The van der Waals surface area contributed by atoms with Gasteiger partial charge in [-0.25, -0.2) is 13.2 Å². The molecular weight excluding hydrogens is 702 g/mol. The van der Waals surface area contributed by atoms with Crippen LogP contribution in [0, 0.1) is 11.8 Å². The number of nitrogens with zero attached hydrogens (tertiary/aromatic N) is 2. The van der Waals surface area contributed by atoms with Gasteiger partial charge >= 0.3 is 6.09 Å². The van der Waals surface area contributed by atoms with Crippen LogP contribution < -0.4 is 5.32 Å². The second-order valence-corrected chi connectivity index (χ2v) is 16.2. The number of ether oxygens (including phenoxy) is 3. The Kier molecular flexibility index (Phi) is 11.5. The number of aliphatic hydroxyl groups is 1. The van der Waals surface area contributed by atoms with Crippen LogP contribution in [0.4, 0.5) is 4.79 Å². The zero-order chi connectivity index (χ0) is 33.8. The fourth-order valence-electron chi connectivity index (χ4n) is 6.93. The van der Waals surface area contributed by atoms with Gasteiger partial charge in [0, 0.05) is 30.6 Å². The zero-order valence-corrected chi connectivity index (χ0v) is 30.0. The smallest absolute Gasteiger partial charge is 0.407 e. The highest BCUT2D eigenvalue weighted by molar-refractivity contribution is 9.10. The van der Waals surface area contributed by atoms with E-state index in [9.17, 15) is 18.3 Å². The molecule has 1 unspecified atom stereocenters. The number of fused-ring (bicyclic) bond motifs is 2. The normalized spacial score (nSPS) is 23.1. The number of sulfonamides is 1. The van der Waals surface area contributed by atoms with Gasteiger partial charge in [-0.05, 0) is 84.4 Å². The van der Waals surface area contributed by atoms with E-state index < -0.39 is 34.4 Å². The van der Waals surface area contributed by atoms with E-state index in [-0.39, 0.29) is 49.1 Å². The minimum absolute atomic E-state index is 0.0251. The fourth-order valence-corrected chi connectivity index (χ4v) is 9.09. The molecule has 6 rings (SSSR count). The molecule has 2 aromatic carbocycles. The first-order chi connectivity index (χ1) is 23.1. The minimum Gasteiger partial charge on any atom is -0.449 e. The van der Waals surface area contributed by atoms with Crippen LogP contribution in [0.15, 0.2) is 62.5 Å². The zero-order valence-electron chi connectivity index (χ0n) is 27.6. The van der Waals surface area contributed by atoms with E-state index in [1.165, 1.54) is 10.7 Å². The van der Waals surface area contributed by atoms with E-state index >= 15 is 0 Å². The predicted molar refractivity (Wildman–Crippen MR) is 184 cm³/mol. The summed E-state index contributed by atoms with van der Waals surface area (Å²) in [5.74, 6) is -0.0589. The molecule has 1 amide bonds. The second-order valence-electron chi connectivity index (χ2n) is 13.5. The van der Waals surface area contributed by atoms with E-state index in [4.69, 9.17) is 18.6 Å². The summed E-state index contributed by atoms with van der Waals surface area (Å²) in [6, 6.07) is 13.6. The van der Waals surface area contributed by atoms with Crippen molar-refractivity contribution in [1.29, 1.82) is 0 Å². The predicted octanol–water partition coefficient (Wildman–Crippen LogP) is 5.29. The summed E-state index contributed by atoms with van der Waals surface area (Å²) in [5.41, 5.74) is 2.41. The first-order valence-electron chi connectivity index (χ1n) is 16.9. The van der Waals surface area contributed by atoms with Crippen LogP contribution in [0.5, 0.6) is 0 Å². The number of likely N-dealkylation sites (tertiary alicyclic amines) is 1. The van der Waals surface area contributed by atoms with E-state index in [1.54, 1.807) is 18.2 Å². The average Bonchev–Trinajstić information content (AvgIpc) is 3.77. The molecule has 0 bridgehead atoms. The third-order valence-electron chi connectivity index (χ3n) is 9.45. The van der Waals surface area contributed by atoms with Crippen LogP contribution in [0.25, 0.3) is 11.0 Å². The number of hydrogen-bond acceptors (Lipinski definition) is 9. The highest BCUT2D eigenvalue weighted by Crippen LogP contribution is 2.35. The van der Waals surface area contributed by atoms with Gasteiger partial charge in [0.15, 0.2) is 11.0 Å². The highest BCUT2D eigenvalue weighted by atomic mass is 79.9. The molecule has 1 aromatic heterocycles. The first kappa shape index (κ1) is 35.3. The Hall–Kier alpha value is -2.52. The summed E-state index contributed by atoms with van der Waals surface area (Å²) in [6.07, 6.45) is 1.76. The van der Waals surface area contributed by atoms with E-state index in [0.717, 1.165) is 48.9 Å². The van der Waals surface area contributed by atoms with Crippen molar-refractivity contribution in [2.24, 2.45) is 11.8 Å². The molecule has 0 radical (unpaired) electrons. The van der Waals surface area contributed by atoms with Gasteiger partial charge in [0.1, 0.15) is 11.7 Å². The Morgan fingerprint density at radius 2 is 1.88 bits per heavy atom. The molecule has 3 saturated heterocycles. The Bertz CT molecular complexity index is 1650. The monoisotopic (exact) mass is 747 g/mol. The fraction of sp³-hybridized carbons (Fsp3) is 0.571. The summed E-state index contributed by atoms with van der Waals surface area (Å²) in [6.45, 7) is 7.26. The molecule has 3 aromatic rings. The molecule has 0 aliphatic carbocycles. The van der Waals surface area contributed by atoms with Crippen molar-refractivity contribution < 1.29 is 36.9 Å². The molecule has 0 saturated carbocycles. The number of halogens is 1. The van der Waals surface area contributed by atoms with Gasteiger partial charge in [0.05, 0.1) is 36.2 Å². The molecule has 3 fully saturated rings. The number of piperidine rings is 1. The number of aliphatic hydroxyl groups excluding tert-OH is 1. The van der Waals surface area contributed by atoms with E-state index in [0.29, 0.717) is 23.4 Å². The number of amides is 1. The van der Waals surface area contributed by atoms with Crippen molar-refractivity contribution in [2.75, 3.05) is 39.4 Å². The quantitative estimate of drug-likeness (QED) is 0.240. The molecule has 262 valence electrons. The molecule has 2 N–H and O–H groups in total. The van der Waals surface area contributed by atoms with Crippen LogP contribution >= 0.6 is 15.9 Å². The Balaban J connectivity index is 1.22. The van der Waals surface area contributed by atoms with Gasteiger partial charge in [0.25, 0.3) is 0 Å². The number of benzene rings is 2. The van der Waals surface area contributed by atoms with Crippen molar-refractivity contribution >= 4 is 43.0 Å². The van der Waals surface area contributed by atoms with Gasteiger partial charge in [0.2, 0.25) is 10.0 Å². The van der Waals surface area contributed by atoms with Crippen molar-refractivity contribution in [3.8, 4) is 0 Å². The Labute approximate surface area is 291 Å². The lowest BCUT2D eigenvalue weighted by molar-refractivity contribution is -0.0907. The number of alkyl carbamates (subject to hydrolysis) is 1. The number of rotatable bonds is 13. The van der Waals surface area contributed by atoms with Crippen molar-refractivity contribution in [3.05, 3.63) is 64.3 Å². The maximum atomic E-state index is 14.3. The number of furan rings is 1. The molecule has 13 heteroatoms. The third-order valence-corrected chi connectivity index (χ3v) is 11.9. The SMILES string of the molecule is CC(C)CN(C[C@@H](O)[C@H](Cc1ccccc1)NC(=O)OC1CO[C@H]2OCC[C@@H]12)S(=O)(=O)c1ccc2oc(Br)c(CN3CCCCC3)c2c1. The first-order valence-corrected chi connectivity index (χ1v) is 19.2. The second kappa shape index (κ2) is 15.6. The van der Waals surface area contributed by atoms with Crippen LogP contribution in [0.1, 0.15) is 50.7 Å². The van der Waals surface area contributed by atoms with Crippen LogP contribution in [-0.2, 0) is 37.2 Å². The van der Waals surface area contributed by atoms with Crippen LogP contribution in [0.2, 0.25) is 0 Å². The van der Waals surface area contributed by atoms with E-state index in [2.05, 4.69) is 26.1 Å². The molecule has 0 spiro atoms. The van der Waals surface area contributed by atoms with Gasteiger partial charge < -0.3 is 29.1 Å². The maximum absolute atomic E-state index is 14.3. The highest BCUT2D eigenvalue weighted by Gasteiger charge is 2.44. The number of hydrogen-bond donors (Lipinski definition) is 2. The summed E-state index contributed by atoms with van der Waals surface area (Å²) in [7, 11) is -4.06. The van der Waals surface area contributed by atoms with Gasteiger partial charge in [-0.3, -0.25) is 4.90 Å². The number of carbonyl (C=O) groups excluding carboxylic acids is 1. The molecule has 11 nitrogen and oxygen atoms in total. The third kappa shape index (κ3) is 8.26. The van der Waals surface area contributed by atoms with Crippen LogP contribution in [-0.4, -0.2) is 92.8 Å². The van der Waals surface area contributed by atoms with Crippen molar-refractivity contribution in [3.63, 3.8) is 0 Å². The van der Waals surface area contributed by atoms with Gasteiger partial charge in [-0.1, -0.05) is 50.6 Å². The number of carbonyl (C=O) groups is 1. The molecule has 5 atom stereocenters. The summed E-state index contributed by atoms with van der Waals surface area (Å²) >= 11 is 3.56. The minimum atomic E-state index is -4.06. The van der Waals surface area contributed by atoms with Gasteiger partial charge in [-0.2, -0.15) is 4.31 Å². The van der Waals surface area contributed by atoms with Gasteiger partial charge in [-0.15, -0.1) is 0 Å². The van der Waals surface area contributed by atoms with E-state index in [1.807, 2.05) is 44.2 Å². The van der Waals surface area contributed by atoms with Crippen molar-refractivity contribution in [2.45, 2.75) is 81.9 Å². The molecule has 48 heavy (non-hydrogen) atoms. The summed E-state index contributed by atoms with van der Waals surface area (Å²) in [5, 5.41) is 15.3. The molecular formula is C35H46BrN3O8S. The lowest BCUT2D eigenvalue weighted by Gasteiger charge is -2.31. The molecule has 4 heterocycles. The Morgan fingerprint density at radius 3 is 2.62 bits per heavy atom. The Morgan fingerprint density at radius 1 is 1.10 bits per heavy atom. The lowest BCUT2D eigenvalue weighted by Crippen LogP contribution is -2.51. The number of nitrogens with one attached hydrogen (secondary N) is 1. The van der Waals surface area contributed by atoms with Crippen molar-refractivity contribution in [1.82, 2.24) is 14.5 Å².